The van der Waals surface area contributed by atoms with Crippen LogP contribution in [0, 0.1) is 23.7 Å². The molecule has 0 aliphatic carbocycles. The number of nitrogens with zero attached hydrogens (tertiary/aromatic N) is 3. The summed E-state index contributed by atoms with van der Waals surface area (Å²) in [6.45, 7) is 16.1. The molecule has 10 atom stereocenters. The predicted molar refractivity (Wildman–Crippen MR) is 281 cm³/mol. The van der Waals surface area contributed by atoms with E-state index in [1.54, 1.807) is 51.1 Å². The molecule has 0 spiro atoms. The molecule has 4 N–H and O–H groups in total. The van der Waals surface area contributed by atoms with Gasteiger partial charge in [-0.2, -0.15) is 0 Å². The minimum absolute atomic E-state index is 0.0677. The molecule has 0 saturated carbocycles. The Bertz CT molecular complexity index is 2430. The first-order chi connectivity index (χ1) is 34.9. The smallest absolute Gasteiger partial charge is 0.329 e. The first kappa shape index (κ1) is 58.8. The molecular formula is C55H78N6O12S. The van der Waals surface area contributed by atoms with Crippen LogP contribution in [0.2, 0.25) is 0 Å². The van der Waals surface area contributed by atoms with Crippen LogP contribution < -0.4 is 20.7 Å². The van der Waals surface area contributed by atoms with E-state index in [1.807, 2.05) is 58.9 Å². The number of likely N-dealkylation sites (N-methyl/N-ethyl adjacent to an activating group) is 2. The molecule has 74 heavy (non-hydrogen) atoms. The van der Waals surface area contributed by atoms with Crippen molar-refractivity contribution in [2.45, 2.75) is 162 Å². The molecule has 2 aromatic carbocycles. The fourth-order valence-corrected chi connectivity index (χ4v) is 10.6. The number of methoxy groups -OCH3 is 1. The maximum atomic E-state index is 14.9. The Balaban J connectivity index is 1.60. The molecule has 0 radical (unpaired) electrons. The van der Waals surface area contributed by atoms with Crippen molar-refractivity contribution in [2.75, 3.05) is 27.7 Å². The number of benzene rings is 2. The Kier molecular flexibility index (Phi) is 21.0. The van der Waals surface area contributed by atoms with Gasteiger partial charge in [-0.25, -0.2) is 4.79 Å². The summed E-state index contributed by atoms with van der Waals surface area (Å²) in [5, 5.41) is 21.1. The van der Waals surface area contributed by atoms with E-state index in [2.05, 4.69) is 16.0 Å². The summed E-state index contributed by atoms with van der Waals surface area (Å²) in [6.07, 6.45) is -3.62. The number of aliphatic hydroxyl groups is 1. The lowest BCUT2D eigenvalue weighted by Gasteiger charge is -2.36. The minimum atomic E-state index is -1.66. The predicted octanol–water partition coefficient (Wildman–Crippen LogP) is 5.27. The number of ether oxygens (including phenoxy) is 3. The molecular weight excluding hydrogens is 969 g/mol. The first-order valence-electron chi connectivity index (χ1n) is 25.9. The number of fused-ring (bicyclic) bond motifs is 2. The van der Waals surface area contributed by atoms with Gasteiger partial charge in [-0.05, 0) is 91.5 Å². The van der Waals surface area contributed by atoms with E-state index < -0.39 is 120 Å². The molecule has 0 bridgehead atoms. The molecule has 3 aromatic rings. The number of aliphatic hydroxyl groups excluding tert-OH is 1. The van der Waals surface area contributed by atoms with Gasteiger partial charge in [0.25, 0.3) is 11.8 Å². The zero-order valence-electron chi connectivity index (χ0n) is 45.0. The largest absolute Gasteiger partial charge is 0.497 e. The highest BCUT2D eigenvalue weighted by Gasteiger charge is 2.44. The summed E-state index contributed by atoms with van der Waals surface area (Å²) >= 11 is 1.29. The van der Waals surface area contributed by atoms with E-state index >= 15 is 0 Å². The second-order valence-corrected chi connectivity index (χ2v) is 22.2. The lowest BCUT2D eigenvalue weighted by molar-refractivity contribution is -0.162. The molecule has 2 fully saturated rings. The molecule has 2 aliphatic heterocycles. The van der Waals surface area contributed by atoms with Crippen LogP contribution >= 0.6 is 11.3 Å². The van der Waals surface area contributed by atoms with Crippen LogP contribution in [-0.4, -0.2) is 150 Å². The van der Waals surface area contributed by atoms with Gasteiger partial charge in [-0.15, -0.1) is 11.3 Å². The molecule has 406 valence electrons. The van der Waals surface area contributed by atoms with E-state index in [-0.39, 0.29) is 44.1 Å². The highest BCUT2D eigenvalue weighted by molar-refractivity contribution is 7.20. The van der Waals surface area contributed by atoms with Crippen LogP contribution in [0.1, 0.15) is 116 Å². The average molecular weight is 1050 g/mol. The van der Waals surface area contributed by atoms with Crippen molar-refractivity contribution in [1.82, 2.24) is 30.7 Å². The van der Waals surface area contributed by atoms with Crippen molar-refractivity contribution in [3.8, 4) is 5.75 Å². The number of cyclic esters (lactones) is 2. The van der Waals surface area contributed by atoms with Gasteiger partial charge in [-0.1, -0.05) is 92.1 Å². The number of amides is 6. The number of hydrogen-bond acceptors (Lipinski definition) is 13. The summed E-state index contributed by atoms with van der Waals surface area (Å²) in [5.74, 6) is -6.41. The Morgan fingerprint density at radius 2 is 1.59 bits per heavy atom. The van der Waals surface area contributed by atoms with Crippen LogP contribution in [0.3, 0.4) is 0 Å². The Hall–Kier alpha value is -6.08. The maximum Gasteiger partial charge on any atom is 0.329 e. The number of esters is 2. The number of nitrogens with one attached hydrogen (secondary N) is 3. The standard InChI is InChI=1S/C55H78N6O12S/c1-13-33(8)46-42(62)29-45(63)73-48(32(6)7)51(66)56-38(25-30(2)3)52(67)61-24-16-18-39(61)53(68)60(11)41(27-35-20-22-37(71-12)23-21-35)55(70)72-34(9)47(50(65)57-46)58-49(64)40(26-31(4)5)59(10)54(69)44-28-36-17-14-15-19-43(36)74-44/h14-15,17,19-23,28,30-34,38-42,46-48,62H,13,16,18,24-27,29H2,1-12H3,(H,56,66)(H,57,65)(H,58,64). The van der Waals surface area contributed by atoms with Gasteiger partial charge < -0.3 is 50.0 Å². The van der Waals surface area contributed by atoms with Gasteiger partial charge in [-0.3, -0.25) is 33.6 Å². The molecule has 5 rings (SSSR count). The van der Waals surface area contributed by atoms with E-state index in [9.17, 15) is 43.5 Å². The fourth-order valence-electron chi connectivity index (χ4n) is 9.56. The molecule has 2 aliphatic rings. The van der Waals surface area contributed by atoms with Crippen molar-refractivity contribution < 1.29 is 57.7 Å². The van der Waals surface area contributed by atoms with E-state index in [0.29, 0.717) is 29.0 Å². The number of hydrogen-bond donors (Lipinski definition) is 4. The van der Waals surface area contributed by atoms with Crippen LogP contribution in [0.15, 0.2) is 54.6 Å². The monoisotopic (exact) mass is 1050 g/mol. The number of rotatable bonds is 14. The quantitative estimate of drug-likeness (QED) is 0.152. The lowest BCUT2D eigenvalue weighted by atomic mass is 9.92. The third-order valence-corrected chi connectivity index (χ3v) is 15.2. The number of thiophene rings is 1. The maximum absolute atomic E-state index is 14.9. The molecule has 1 aromatic heterocycles. The minimum Gasteiger partial charge on any atom is -0.497 e. The summed E-state index contributed by atoms with van der Waals surface area (Å²) in [4.78, 5) is 120. The highest BCUT2D eigenvalue weighted by atomic mass is 32.1. The van der Waals surface area contributed by atoms with Crippen LogP contribution in [-0.2, 0) is 49.5 Å². The SMILES string of the molecule is CCC(C)C1NC(=O)C(NC(=O)C(CC(C)C)N(C)C(=O)c2cc3ccccc3s2)C(C)OC(=O)C(Cc2ccc(OC)cc2)N(C)C(=O)C2CCCN2C(=O)C(CC(C)C)NC(=O)C(C(C)C)OC(=O)CC1O. The fraction of sp³-hybridized carbons (Fsp3) is 0.600. The zero-order valence-corrected chi connectivity index (χ0v) is 45.9. The summed E-state index contributed by atoms with van der Waals surface area (Å²) in [6, 6.07) is 8.78. The second kappa shape index (κ2) is 26.4. The summed E-state index contributed by atoms with van der Waals surface area (Å²) < 4.78 is 18.2. The Morgan fingerprint density at radius 3 is 2.20 bits per heavy atom. The molecule has 6 amide bonds. The Labute approximate surface area is 439 Å². The molecule has 3 heterocycles. The van der Waals surface area contributed by atoms with E-state index in [4.69, 9.17) is 14.2 Å². The van der Waals surface area contributed by atoms with Crippen molar-refractivity contribution in [1.29, 1.82) is 0 Å². The third-order valence-electron chi connectivity index (χ3n) is 14.1. The average Bonchev–Trinajstić information content (AvgIpc) is 4.03. The van der Waals surface area contributed by atoms with Crippen molar-refractivity contribution in [3.05, 3.63) is 65.0 Å². The lowest BCUT2D eigenvalue weighted by Crippen LogP contribution is -2.61. The number of carbonyl (C=O) groups excluding carboxylic acids is 8. The van der Waals surface area contributed by atoms with Crippen LogP contribution in [0.4, 0.5) is 0 Å². The number of carbonyl (C=O) groups is 8. The van der Waals surface area contributed by atoms with Gasteiger partial charge in [0.15, 0.2) is 6.10 Å². The van der Waals surface area contributed by atoms with E-state index in [0.717, 1.165) is 10.1 Å². The van der Waals surface area contributed by atoms with Crippen molar-refractivity contribution >= 4 is 68.8 Å². The summed E-state index contributed by atoms with van der Waals surface area (Å²) in [5.41, 5.74) is 0.622. The van der Waals surface area contributed by atoms with Gasteiger partial charge >= 0.3 is 11.9 Å². The highest BCUT2D eigenvalue weighted by Crippen LogP contribution is 2.29. The molecule has 10 unspecified atom stereocenters. The van der Waals surface area contributed by atoms with Crippen LogP contribution in [0.25, 0.3) is 10.1 Å². The van der Waals surface area contributed by atoms with Crippen molar-refractivity contribution in [3.63, 3.8) is 0 Å². The molecule has 19 heteroatoms. The molecule has 18 nitrogen and oxygen atoms in total. The zero-order chi connectivity index (χ0) is 54.7. The normalized spacial score (nSPS) is 24.9. The van der Waals surface area contributed by atoms with Gasteiger partial charge in [0.2, 0.25) is 23.6 Å². The third kappa shape index (κ3) is 14.8. The Morgan fingerprint density at radius 1 is 0.919 bits per heavy atom. The van der Waals surface area contributed by atoms with Gasteiger partial charge in [0.1, 0.15) is 42.1 Å². The van der Waals surface area contributed by atoms with Gasteiger partial charge in [0, 0.05) is 31.8 Å². The van der Waals surface area contributed by atoms with Gasteiger partial charge in [0.05, 0.1) is 30.6 Å². The van der Waals surface area contributed by atoms with Crippen LogP contribution in [0.5, 0.6) is 5.75 Å². The van der Waals surface area contributed by atoms with E-state index in [1.165, 1.54) is 54.2 Å². The molecule has 2 saturated heterocycles. The topological polar surface area (TPSA) is 230 Å². The first-order valence-corrected chi connectivity index (χ1v) is 26.7. The van der Waals surface area contributed by atoms with Crippen molar-refractivity contribution in [2.24, 2.45) is 23.7 Å². The second-order valence-electron chi connectivity index (χ2n) is 21.1. The summed E-state index contributed by atoms with van der Waals surface area (Å²) in [7, 11) is 4.47.